The van der Waals surface area contributed by atoms with Gasteiger partial charge < -0.3 is 16.4 Å². The van der Waals surface area contributed by atoms with Crippen molar-refractivity contribution in [2.24, 2.45) is 5.73 Å². The summed E-state index contributed by atoms with van der Waals surface area (Å²) in [4.78, 5) is 11.9. The van der Waals surface area contributed by atoms with Crippen LogP contribution in [-0.2, 0) is 10.8 Å². The molecule has 1 heterocycles. The molecule has 2 rings (SSSR count). The lowest BCUT2D eigenvalue weighted by molar-refractivity contribution is 0.247. The van der Waals surface area contributed by atoms with Gasteiger partial charge in [-0.05, 0) is 37.5 Å². The van der Waals surface area contributed by atoms with Crippen molar-refractivity contribution >= 4 is 22.5 Å². The fraction of sp³-hybridized carbons (Fsp3) is 0.500. The normalized spacial score (nSPS) is 23.9. The van der Waals surface area contributed by atoms with Gasteiger partial charge in [0.05, 0.1) is 0 Å². The van der Waals surface area contributed by atoms with Gasteiger partial charge in [0.25, 0.3) is 0 Å². The molecule has 2 amide bonds. The number of nitrogens with one attached hydrogen (secondary N) is 2. The van der Waals surface area contributed by atoms with E-state index in [4.69, 9.17) is 5.73 Å². The van der Waals surface area contributed by atoms with Gasteiger partial charge in [-0.15, -0.1) is 0 Å². The molecule has 0 saturated carbocycles. The van der Waals surface area contributed by atoms with Gasteiger partial charge in [-0.1, -0.05) is 12.1 Å². The predicted octanol–water partition coefficient (Wildman–Crippen LogP) is 1.74. The summed E-state index contributed by atoms with van der Waals surface area (Å²) < 4.78 is 11.2. The highest BCUT2D eigenvalue weighted by Gasteiger charge is 2.19. The van der Waals surface area contributed by atoms with Crippen LogP contribution in [0.4, 0.5) is 10.5 Å². The lowest BCUT2D eigenvalue weighted by Gasteiger charge is -2.22. The third kappa shape index (κ3) is 4.31. The molecule has 1 unspecified atom stereocenters. The molecule has 1 atom stereocenters. The molecule has 1 fully saturated rings. The van der Waals surface area contributed by atoms with E-state index in [1.807, 2.05) is 31.2 Å². The topological polar surface area (TPSA) is 84.2 Å². The maximum atomic E-state index is 11.9. The molecule has 1 aliphatic rings. The quantitative estimate of drug-likeness (QED) is 0.794. The standard InChI is InChI=1S/C14H21N3O2S/c1-10(15)11-2-4-12(5-3-11)16-14(18)17-13-6-8-20(19)9-7-13/h2-5,10,13H,6-9,15H2,1H3,(H2,16,17,18). The summed E-state index contributed by atoms with van der Waals surface area (Å²) in [6, 6.07) is 7.39. The number of hydrogen-bond donors (Lipinski definition) is 3. The average Bonchev–Trinajstić information content (AvgIpc) is 2.42. The monoisotopic (exact) mass is 295 g/mol. The Balaban J connectivity index is 1.83. The Morgan fingerprint density at radius 2 is 1.90 bits per heavy atom. The van der Waals surface area contributed by atoms with E-state index in [0.29, 0.717) is 11.5 Å². The second-order valence-corrected chi connectivity index (χ2v) is 6.83. The fourth-order valence-electron chi connectivity index (χ4n) is 2.16. The summed E-state index contributed by atoms with van der Waals surface area (Å²) in [6.07, 6.45) is 1.56. The molecular formula is C14H21N3O2S. The van der Waals surface area contributed by atoms with E-state index < -0.39 is 10.8 Å². The largest absolute Gasteiger partial charge is 0.335 e. The van der Waals surface area contributed by atoms with Crippen LogP contribution in [0.15, 0.2) is 24.3 Å². The van der Waals surface area contributed by atoms with Gasteiger partial charge in [0.2, 0.25) is 0 Å². The van der Waals surface area contributed by atoms with Crippen molar-refractivity contribution in [3.63, 3.8) is 0 Å². The lowest BCUT2D eigenvalue weighted by atomic mass is 10.1. The molecule has 0 aromatic heterocycles. The van der Waals surface area contributed by atoms with Gasteiger partial charge in [0.15, 0.2) is 0 Å². The molecule has 1 aromatic rings. The Labute approximate surface area is 121 Å². The van der Waals surface area contributed by atoms with Crippen LogP contribution in [0.1, 0.15) is 31.4 Å². The number of urea groups is 1. The molecule has 20 heavy (non-hydrogen) atoms. The molecule has 1 aliphatic heterocycles. The summed E-state index contributed by atoms with van der Waals surface area (Å²) in [5.41, 5.74) is 7.55. The van der Waals surface area contributed by atoms with Crippen LogP contribution in [0.2, 0.25) is 0 Å². The van der Waals surface area contributed by atoms with Crippen LogP contribution < -0.4 is 16.4 Å². The zero-order valence-corrected chi connectivity index (χ0v) is 12.4. The molecule has 0 spiro atoms. The molecule has 5 nitrogen and oxygen atoms in total. The van der Waals surface area contributed by atoms with Gasteiger partial charge in [-0.3, -0.25) is 4.21 Å². The van der Waals surface area contributed by atoms with Crippen molar-refractivity contribution in [3.05, 3.63) is 29.8 Å². The highest BCUT2D eigenvalue weighted by molar-refractivity contribution is 7.85. The number of carbonyl (C=O) groups is 1. The second-order valence-electron chi connectivity index (χ2n) is 5.13. The number of benzene rings is 1. The number of nitrogens with two attached hydrogens (primary N) is 1. The van der Waals surface area contributed by atoms with E-state index in [9.17, 15) is 9.00 Å². The number of amides is 2. The highest BCUT2D eigenvalue weighted by Crippen LogP contribution is 2.14. The first-order chi connectivity index (χ1) is 9.54. The maximum absolute atomic E-state index is 11.9. The first kappa shape index (κ1) is 15.0. The molecule has 6 heteroatoms. The van der Waals surface area contributed by atoms with Crippen LogP contribution in [0.3, 0.4) is 0 Å². The Bertz CT molecular complexity index is 478. The van der Waals surface area contributed by atoms with E-state index in [1.165, 1.54) is 0 Å². The lowest BCUT2D eigenvalue weighted by Crippen LogP contribution is -2.41. The van der Waals surface area contributed by atoms with Crippen LogP contribution in [0.5, 0.6) is 0 Å². The van der Waals surface area contributed by atoms with E-state index in [2.05, 4.69) is 10.6 Å². The molecular weight excluding hydrogens is 274 g/mol. The van der Waals surface area contributed by atoms with E-state index in [1.54, 1.807) is 0 Å². The maximum Gasteiger partial charge on any atom is 0.319 e. The number of carbonyl (C=O) groups excluding carboxylic acids is 1. The van der Waals surface area contributed by atoms with Crippen molar-refractivity contribution in [2.75, 3.05) is 16.8 Å². The minimum Gasteiger partial charge on any atom is -0.335 e. The number of rotatable bonds is 3. The third-order valence-corrected chi connectivity index (χ3v) is 4.80. The van der Waals surface area contributed by atoms with Crippen molar-refractivity contribution in [3.8, 4) is 0 Å². The van der Waals surface area contributed by atoms with Crippen LogP contribution in [0, 0.1) is 0 Å². The Hall–Kier alpha value is -1.40. The van der Waals surface area contributed by atoms with E-state index >= 15 is 0 Å². The molecule has 4 N–H and O–H groups in total. The minimum atomic E-state index is -0.704. The van der Waals surface area contributed by atoms with Crippen molar-refractivity contribution < 1.29 is 9.00 Å². The van der Waals surface area contributed by atoms with Gasteiger partial charge >= 0.3 is 6.03 Å². The van der Waals surface area contributed by atoms with Crippen molar-refractivity contribution in [1.29, 1.82) is 0 Å². The van der Waals surface area contributed by atoms with Crippen LogP contribution >= 0.6 is 0 Å². The highest BCUT2D eigenvalue weighted by atomic mass is 32.2. The minimum absolute atomic E-state index is 0.0130. The van der Waals surface area contributed by atoms with Gasteiger partial charge in [0.1, 0.15) is 0 Å². The number of anilines is 1. The molecule has 1 saturated heterocycles. The fourth-order valence-corrected chi connectivity index (χ4v) is 3.46. The predicted molar refractivity (Wildman–Crippen MR) is 82.1 cm³/mol. The van der Waals surface area contributed by atoms with Gasteiger partial charge in [0, 0.05) is 40.1 Å². The van der Waals surface area contributed by atoms with Crippen LogP contribution in [-0.4, -0.2) is 27.8 Å². The molecule has 0 bridgehead atoms. The second kappa shape index (κ2) is 6.85. The Morgan fingerprint density at radius 3 is 2.45 bits per heavy atom. The zero-order valence-electron chi connectivity index (χ0n) is 11.6. The van der Waals surface area contributed by atoms with E-state index in [0.717, 1.165) is 24.1 Å². The first-order valence-electron chi connectivity index (χ1n) is 6.82. The van der Waals surface area contributed by atoms with Gasteiger partial charge in [-0.25, -0.2) is 4.79 Å². The van der Waals surface area contributed by atoms with Crippen molar-refractivity contribution in [1.82, 2.24) is 5.32 Å². The van der Waals surface area contributed by atoms with Crippen molar-refractivity contribution in [2.45, 2.75) is 31.8 Å². The molecule has 110 valence electrons. The molecule has 0 radical (unpaired) electrons. The van der Waals surface area contributed by atoms with E-state index in [-0.39, 0.29) is 18.1 Å². The third-order valence-electron chi connectivity index (χ3n) is 3.42. The summed E-state index contributed by atoms with van der Waals surface area (Å²) in [6.45, 7) is 1.92. The molecule has 0 aliphatic carbocycles. The molecule has 1 aromatic carbocycles. The SMILES string of the molecule is CC(N)c1ccc(NC(=O)NC2CCS(=O)CC2)cc1. The van der Waals surface area contributed by atoms with Gasteiger partial charge in [-0.2, -0.15) is 0 Å². The zero-order chi connectivity index (χ0) is 14.5. The Kier molecular flexibility index (Phi) is 5.14. The summed E-state index contributed by atoms with van der Waals surface area (Å²) in [5.74, 6) is 1.35. The smallest absolute Gasteiger partial charge is 0.319 e. The average molecular weight is 295 g/mol. The number of hydrogen-bond acceptors (Lipinski definition) is 3. The summed E-state index contributed by atoms with van der Waals surface area (Å²) >= 11 is 0. The first-order valence-corrected chi connectivity index (χ1v) is 8.31. The summed E-state index contributed by atoms with van der Waals surface area (Å²) in [5, 5.41) is 5.72. The van der Waals surface area contributed by atoms with Crippen LogP contribution in [0.25, 0.3) is 0 Å². The Morgan fingerprint density at radius 1 is 1.30 bits per heavy atom. The summed E-state index contributed by atoms with van der Waals surface area (Å²) in [7, 11) is -0.704.